The maximum absolute atomic E-state index is 12.8. The highest BCUT2D eigenvalue weighted by Gasteiger charge is 2.35. The Hall–Kier alpha value is -2.43. The van der Waals surface area contributed by atoms with Gasteiger partial charge >= 0.3 is 12.7 Å². The van der Waals surface area contributed by atoms with Gasteiger partial charge in [-0.2, -0.15) is 27.2 Å². The summed E-state index contributed by atoms with van der Waals surface area (Å²) in [6.07, 6.45) is -4.54. The molecular weight excluding hydrogens is 281 g/mol. The quantitative estimate of drug-likeness (QED) is 0.787. The van der Waals surface area contributed by atoms with Crippen molar-refractivity contribution in [1.82, 2.24) is 9.55 Å². The fourth-order valence-electron chi connectivity index (χ4n) is 1.59. The normalized spacial score (nSPS) is 11.7. The van der Waals surface area contributed by atoms with Crippen LogP contribution in [0.1, 0.15) is 17.8 Å². The van der Waals surface area contributed by atoms with Gasteiger partial charge in [0.25, 0.3) is 0 Å². The predicted octanol–water partition coefficient (Wildman–Crippen LogP) is 3.84. The molecule has 2 aromatic rings. The van der Waals surface area contributed by atoms with E-state index in [1.165, 1.54) is 24.3 Å². The van der Waals surface area contributed by atoms with Crippen LogP contribution in [-0.4, -0.2) is 9.55 Å². The highest BCUT2D eigenvalue weighted by atomic mass is 19.4. The molecule has 0 aliphatic carbocycles. The summed E-state index contributed by atoms with van der Waals surface area (Å²) >= 11 is 0. The Balaban J connectivity index is 2.54. The first kappa shape index (κ1) is 14.0. The van der Waals surface area contributed by atoms with Crippen LogP contribution in [-0.2, 0) is 6.18 Å². The van der Waals surface area contributed by atoms with Gasteiger partial charge < -0.3 is 0 Å². The first-order valence-corrected chi connectivity index (χ1v) is 5.27. The van der Waals surface area contributed by atoms with E-state index in [9.17, 15) is 22.0 Å². The molecule has 0 amide bonds. The van der Waals surface area contributed by atoms with E-state index in [2.05, 4.69) is 4.98 Å². The number of benzene rings is 1. The van der Waals surface area contributed by atoms with Crippen LogP contribution in [0.15, 0.2) is 30.5 Å². The minimum atomic E-state index is -4.80. The number of hydrogen-bond donors (Lipinski definition) is 0. The maximum atomic E-state index is 12.8. The average molecular weight is 287 g/mol. The van der Waals surface area contributed by atoms with Crippen LogP contribution >= 0.6 is 0 Å². The van der Waals surface area contributed by atoms with Gasteiger partial charge in [0.2, 0.25) is 0 Å². The number of nitriles is 1. The first-order chi connectivity index (χ1) is 9.32. The van der Waals surface area contributed by atoms with Gasteiger partial charge in [-0.25, -0.2) is 4.98 Å². The molecular formula is C12H6F5N3. The molecule has 0 atom stereocenters. The van der Waals surface area contributed by atoms with Crippen molar-refractivity contribution in [1.29, 1.82) is 5.26 Å². The highest BCUT2D eigenvalue weighted by Crippen LogP contribution is 2.33. The molecule has 0 spiro atoms. The van der Waals surface area contributed by atoms with E-state index in [1.54, 1.807) is 0 Å². The third kappa shape index (κ3) is 2.61. The molecule has 20 heavy (non-hydrogen) atoms. The monoisotopic (exact) mass is 287 g/mol. The van der Waals surface area contributed by atoms with Crippen molar-refractivity contribution in [3.05, 3.63) is 41.7 Å². The Morgan fingerprint density at radius 2 is 1.75 bits per heavy atom. The summed E-state index contributed by atoms with van der Waals surface area (Å²) in [6.45, 7) is -3.15. The molecule has 0 aliphatic heterocycles. The second kappa shape index (κ2) is 4.92. The third-order valence-electron chi connectivity index (χ3n) is 2.51. The van der Waals surface area contributed by atoms with Crippen LogP contribution in [0, 0.1) is 11.3 Å². The molecule has 0 N–H and O–H groups in total. The van der Waals surface area contributed by atoms with Crippen LogP contribution in [0.5, 0.6) is 0 Å². The fraction of sp³-hybridized carbons (Fsp3) is 0.167. The number of rotatable bonds is 2. The molecule has 1 heterocycles. The SMILES string of the molecule is N#Cc1ccc(-c2nc(C(F)(F)F)cn2C(F)F)cc1. The lowest BCUT2D eigenvalue weighted by Crippen LogP contribution is -2.05. The summed E-state index contributed by atoms with van der Waals surface area (Å²) in [5.41, 5.74) is -1.06. The Labute approximate surface area is 109 Å². The summed E-state index contributed by atoms with van der Waals surface area (Å²) in [5, 5.41) is 8.61. The van der Waals surface area contributed by atoms with Gasteiger partial charge in [0.05, 0.1) is 11.6 Å². The summed E-state index contributed by atoms with van der Waals surface area (Å²) in [7, 11) is 0. The number of nitrogens with zero attached hydrogens (tertiary/aromatic N) is 3. The molecule has 104 valence electrons. The zero-order chi connectivity index (χ0) is 14.9. The van der Waals surface area contributed by atoms with Gasteiger partial charge in [0, 0.05) is 11.8 Å². The van der Waals surface area contributed by atoms with Crippen LogP contribution < -0.4 is 0 Å². The lowest BCUT2D eigenvalue weighted by Gasteiger charge is -2.05. The van der Waals surface area contributed by atoms with E-state index in [0.717, 1.165) is 0 Å². The Kier molecular flexibility index (Phi) is 3.44. The van der Waals surface area contributed by atoms with E-state index >= 15 is 0 Å². The highest BCUT2D eigenvalue weighted by molar-refractivity contribution is 5.57. The Bertz CT molecular complexity index is 649. The molecule has 0 fully saturated rings. The Morgan fingerprint density at radius 1 is 1.15 bits per heavy atom. The summed E-state index contributed by atoms with van der Waals surface area (Å²) in [5.74, 6) is -0.503. The maximum Gasteiger partial charge on any atom is 0.434 e. The van der Waals surface area contributed by atoms with Crippen LogP contribution in [0.3, 0.4) is 0 Å². The van der Waals surface area contributed by atoms with Crippen molar-refractivity contribution in [2.45, 2.75) is 12.7 Å². The second-order valence-corrected chi connectivity index (χ2v) is 3.82. The van der Waals surface area contributed by atoms with Gasteiger partial charge in [0.15, 0.2) is 5.69 Å². The molecule has 1 aromatic carbocycles. The topological polar surface area (TPSA) is 41.6 Å². The van der Waals surface area contributed by atoms with Gasteiger partial charge in [-0.15, -0.1) is 0 Å². The second-order valence-electron chi connectivity index (χ2n) is 3.82. The number of hydrogen-bond acceptors (Lipinski definition) is 2. The standard InChI is InChI=1S/C12H6F5N3/c13-11(14)20-6-9(12(15,16)17)19-10(20)8-3-1-7(5-18)2-4-8/h1-4,6,11H. The molecule has 0 radical (unpaired) electrons. The lowest BCUT2D eigenvalue weighted by atomic mass is 10.1. The van der Waals surface area contributed by atoms with E-state index in [4.69, 9.17) is 5.26 Å². The summed E-state index contributed by atoms with van der Waals surface area (Å²) < 4.78 is 63.2. The van der Waals surface area contributed by atoms with Gasteiger partial charge in [-0.05, 0) is 24.3 Å². The molecule has 0 saturated carbocycles. The zero-order valence-electron chi connectivity index (χ0n) is 9.70. The van der Waals surface area contributed by atoms with Crippen LogP contribution in [0.4, 0.5) is 22.0 Å². The molecule has 8 heteroatoms. The third-order valence-corrected chi connectivity index (χ3v) is 2.51. The van der Waals surface area contributed by atoms with Crippen molar-refractivity contribution in [2.24, 2.45) is 0 Å². The molecule has 3 nitrogen and oxygen atoms in total. The zero-order valence-corrected chi connectivity index (χ0v) is 9.70. The van der Waals surface area contributed by atoms with Crippen molar-refractivity contribution in [2.75, 3.05) is 0 Å². The number of alkyl halides is 5. The summed E-state index contributed by atoms with van der Waals surface area (Å²) in [4.78, 5) is 3.20. The number of aromatic nitrogens is 2. The average Bonchev–Trinajstić information content (AvgIpc) is 2.84. The van der Waals surface area contributed by atoms with Gasteiger partial charge in [-0.1, -0.05) is 0 Å². The first-order valence-electron chi connectivity index (χ1n) is 5.27. The van der Waals surface area contributed by atoms with Crippen molar-refractivity contribution < 1.29 is 22.0 Å². The molecule has 0 aliphatic rings. The van der Waals surface area contributed by atoms with Crippen LogP contribution in [0.25, 0.3) is 11.4 Å². The smallest absolute Gasteiger partial charge is 0.273 e. The van der Waals surface area contributed by atoms with Crippen molar-refractivity contribution in [3.8, 4) is 17.5 Å². The van der Waals surface area contributed by atoms with Gasteiger partial charge in [0.1, 0.15) is 5.82 Å². The minimum Gasteiger partial charge on any atom is -0.273 e. The number of imidazole rings is 1. The van der Waals surface area contributed by atoms with E-state index in [0.29, 0.717) is 0 Å². The molecule has 0 saturated heterocycles. The van der Waals surface area contributed by atoms with Crippen molar-refractivity contribution in [3.63, 3.8) is 0 Å². The number of halogens is 5. The molecule has 0 bridgehead atoms. The van der Waals surface area contributed by atoms with Crippen molar-refractivity contribution >= 4 is 0 Å². The molecule has 2 rings (SSSR count). The predicted molar refractivity (Wildman–Crippen MR) is 58.6 cm³/mol. The molecule has 0 unspecified atom stereocenters. The fourth-order valence-corrected chi connectivity index (χ4v) is 1.59. The van der Waals surface area contributed by atoms with E-state index < -0.39 is 24.2 Å². The van der Waals surface area contributed by atoms with E-state index in [1.807, 2.05) is 6.07 Å². The largest absolute Gasteiger partial charge is 0.434 e. The minimum absolute atomic E-state index is 0.0693. The Morgan fingerprint density at radius 3 is 2.20 bits per heavy atom. The lowest BCUT2D eigenvalue weighted by molar-refractivity contribution is -0.141. The summed E-state index contributed by atoms with van der Waals surface area (Å²) in [6, 6.07) is 6.97. The molecule has 1 aromatic heterocycles. The van der Waals surface area contributed by atoms with Crippen LogP contribution in [0.2, 0.25) is 0 Å². The van der Waals surface area contributed by atoms with Gasteiger partial charge in [-0.3, -0.25) is 4.57 Å². The van der Waals surface area contributed by atoms with E-state index in [-0.39, 0.29) is 21.9 Å².